The zero-order chi connectivity index (χ0) is 16.8. The van der Waals surface area contributed by atoms with Gasteiger partial charge in [-0.25, -0.2) is 17.5 Å². The second-order valence-corrected chi connectivity index (χ2v) is 7.75. The number of nitrogens with one attached hydrogen (secondary N) is 1. The number of aliphatic carboxylic acids is 1. The fourth-order valence-corrected chi connectivity index (χ4v) is 5.39. The Hall–Kier alpha value is -1.67. The molecule has 0 aromatic heterocycles. The predicted octanol–water partition coefficient (Wildman–Crippen LogP) is 1.61. The van der Waals surface area contributed by atoms with E-state index in [1.54, 1.807) is 0 Å². The molecule has 6 nitrogen and oxygen atoms in total. The maximum Gasteiger partial charge on any atom is 0.308 e. The van der Waals surface area contributed by atoms with Gasteiger partial charge in [-0.3, -0.25) is 4.79 Å². The third-order valence-corrected chi connectivity index (χ3v) is 6.41. The molecule has 0 amide bonds. The third-order valence-electron chi connectivity index (χ3n) is 4.93. The SMILES string of the molecule is COc1ccc(F)cc1S(=O)(=O)N[C@H]1[C@@H]2CCC[C@@H]2[C@@H]1C(=O)O. The maximum atomic E-state index is 13.4. The minimum atomic E-state index is -4.07. The first-order chi connectivity index (χ1) is 10.8. The molecule has 0 bridgehead atoms. The Morgan fingerprint density at radius 1 is 1.35 bits per heavy atom. The number of ether oxygens (including phenoxy) is 1. The van der Waals surface area contributed by atoms with Gasteiger partial charge in [0, 0.05) is 6.04 Å². The average Bonchev–Trinajstić information content (AvgIpc) is 2.88. The van der Waals surface area contributed by atoms with Gasteiger partial charge in [-0.05, 0) is 42.9 Å². The molecule has 2 saturated carbocycles. The summed E-state index contributed by atoms with van der Waals surface area (Å²) in [6.07, 6.45) is 2.52. The van der Waals surface area contributed by atoms with Crippen molar-refractivity contribution in [2.75, 3.05) is 7.11 Å². The van der Waals surface area contributed by atoms with E-state index in [2.05, 4.69) is 4.72 Å². The molecule has 0 unspecified atom stereocenters. The van der Waals surface area contributed by atoms with E-state index in [1.807, 2.05) is 0 Å². The van der Waals surface area contributed by atoms with Crippen molar-refractivity contribution in [3.63, 3.8) is 0 Å². The number of carboxylic acids is 1. The summed E-state index contributed by atoms with van der Waals surface area (Å²) in [4.78, 5) is 11.1. The molecule has 2 N–H and O–H groups in total. The van der Waals surface area contributed by atoms with E-state index < -0.39 is 33.8 Å². The second kappa shape index (κ2) is 5.76. The van der Waals surface area contributed by atoms with Gasteiger partial charge in [0.25, 0.3) is 0 Å². The molecule has 126 valence electrons. The molecule has 8 heteroatoms. The van der Waals surface area contributed by atoms with E-state index in [9.17, 15) is 22.7 Å². The minimum Gasteiger partial charge on any atom is -0.495 e. The van der Waals surface area contributed by atoms with E-state index in [1.165, 1.54) is 13.2 Å². The summed E-state index contributed by atoms with van der Waals surface area (Å²) >= 11 is 0. The lowest BCUT2D eigenvalue weighted by Crippen LogP contribution is -2.60. The smallest absolute Gasteiger partial charge is 0.308 e. The third kappa shape index (κ3) is 2.70. The van der Waals surface area contributed by atoms with E-state index >= 15 is 0 Å². The van der Waals surface area contributed by atoms with Gasteiger partial charge in [-0.2, -0.15) is 0 Å². The molecule has 1 aromatic rings. The number of halogens is 1. The van der Waals surface area contributed by atoms with Gasteiger partial charge >= 0.3 is 5.97 Å². The highest BCUT2D eigenvalue weighted by Gasteiger charge is 2.57. The van der Waals surface area contributed by atoms with Crippen molar-refractivity contribution in [2.45, 2.75) is 30.2 Å². The van der Waals surface area contributed by atoms with Crippen LogP contribution in [0.4, 0.5) is 4.39 Å². The molecule has 0 heterocycles. The average molecular weight is 343 g/mol. The molecule has 0 radical (unpaired) electrons. The van der Waals surface area contributed by atoms with Crippen molar-refractivity contribution in [2.24, 2.45) is 17.8 Å². The molecule has 0 spiro atoms. The maximum absolute atomic E-state index is 13.4. The highest BCUT2D eigenvalue weighted by molar-refractivity contribution is 7.89. The summed E-state index contributed by atoms with van der Waals surface area (Å²) in [5.74, 6) is -2.34. The van der Waals surface area contributed by atoms with E-state index in [0.717, 1.165) is 31.4 Å². The lowest BCUT2D eigenvalue weighted by atomic mass is 9.63. The van der Waals surface area contributed by atoms with Crippen LogP contribution in [0.25, 0.3) is 0 Å². The van der Waals surface area contributed by atoms with Gasteiger partial charge in [-0.15, -0.1) is 0 Å². The molecule has 23 heavy (non-hydrogen) atoms. The van der Waals surface area contributed by atoms with Gasteiger partial charge in [0.2, 0.25) is 10.0 Å². The monoisotopic (exact) mass is 343 g/mol. The molecule has 0 aliphatic heterocycles. The van der Waals surface area contributed by atoms with Crippen molar-refractivity contribution in [3.8, 4) is 5.75 Å². The van der Waals surface area contributed by atoms with Crippen LogP contribution in [-0.4, -0.2) is 32.6 Å². The molecular weight excluding hydrogens is 325 g/mol. The van der Waals surface area contributed by atoms with Crippen molar-refractivity contribution in [1.29, 1.82) is 0 Å². The molecular formula is C15H18FNO5S. The number of benzene rings is 1. The summed E-state index contributed by atoms with van der Waals surface area (Å²) in [6, 6.07) is 2.56. The Labute approximate surface area is 133 Å². The summed E-state index contributed by atoms with van der Waals surface area (Å²) in [6.45, 7) is 0. The Balaban J connectivity index is 1.89. The van der Waals surface area contributed by atoms with Gasteiger partial charge in [0.1, 0.15) is 16.5 Å². The van der Waals surface area contributed by atoms with Crippen molar-refractivity contribution in [3.05, 3.63) is 24.0 Å². The van der Waals surface area contributed by atoms with E-state index in [-0.39, 0.29) is 22.5 Å². The van der Waals surface area contributed by atoms with Crippen molar-refractivity contribution < 1.29 is 27.4 Å². The fraction of sp³-hybridized carbons (Fsp3) is 0.533. The van der Waals surface area contributed by atoms with E-state index in [0.29, 0.717) is 0 Å². The number of hydrogen-bond acceptors (Lipinski definition) is 4. The van der Waals surface area contributed by atoms with Gasteiger partial charge in [0.05, 0.1) is 13.0 Å². The Morgan fingerprint density at radius 2 is 2.04 bits per heavy atom. The summed E-state index contributed by atoms with van der Waals surface area (Å²) in [5.41, 5.74) is 0. The van der Waals surface area contributed by atoms with Crippen LogP contribution in [-0.2, 0) is 14.8 Å². The quantitative estimate of drug-likeness (QED) is 0.847. The van der Waals surface area contributed by atoms with E-state index in [4.69, 9.17) is 4.74 Å². The lowest BCUT2D eigenvalue weighted by Gasteiger charge is -2.46. The number of carbonyl (C=O) groups is 1. The number of fused-ring (bicyclic) bond motifs is 1. The highest BCUT2D eigenvalue weighted by atomic mass is 32.2. The van der Waals surface area contributed by atoms with Crippen LogP contribution >= 0.6 is 0 Å². The van der Waals surface area contributed by atoms with Gasteiger partial charge in [0.15, 0.2) is 0 Å². The first-order valence-electron chi connectivity index (χ1n) is 7.44. The van der Waals surface area contributed by atoms with Crippen LogP contribution in [0, 0.1) is 23.6 Å². The van der Waals surface area contributed by atoms with Crippen LogP contribution in [0.3, 0.4) is 0 Å². The van der Waals surface area contributed by atoms with Crippen LogP contribution in [0.2, 0.25) is 0 Å². The first-order valence-corrected chi connectivity index (χ1v) is 8.92. The standard InChI is InChI=1S/C15H18FNO5S/c1-22-11-6-5-8(16)7-12(11)23(20,21)17-14-10-4-2-3-9(10)13(14)15(18)19/h5-7,9-10,13-14,17H,2-4H2,1H3,(H,18,19)/t9-,10+,13-,14-/m0/s1. The Morgan fingerprint density at radius 3 is 2.70 bits per heavy atom. The minimum absolute atomic E-state index is 0.0214. The zero-order valence-electron chi connectivity index (χ0n) is 12.5. The van der Waals surface area contributed by atoms with Gasteiger partial charge < -0.3 is 9.84 Å². The van der Waals surface area contributed by atoms with Crippen LogP contribution in [0.5, 0.6) is 5.75 Å². The second-order valence-electron chi connectivity index (χ2n) is 6.06. The zero-order valence-corrected chi connectivity index (χ0v) is 13.3. The number of hydrogen-bond donors (Lipinski definition) is 2. The normalized spacial score (nSPS) is 29.7. The molecule has 2 aliphatic carbocycles. The lowest BCUT2D eigenvalue weighted by molar-refractivity contribution is -0.152. The number of sulfonamides is 1. The van der Waals surface area contributed by atoms with Crippen molar-refractivity contribution >= 4 is 16.0 Å². The van der Waals surface area contributed by atoms with Crippen molar-refractivity contribution in [1.82, 2.24) is 4.72 Å². The largest absolute Gasteiger partial charge is 0.495 e. The highest BCUT2D eigenvalue weighted by Crippen LogP contribution is 2.51. The number of rotatable bonds is 5. The Bertz CT molecular complexity index is 735. The first kappa shape index (κ1) is 16.2. The Kier molecular flexibility index (Phi) is 4.05. The number of methoxy groups -OCH3 is 1. The molecule has 0 saturated heterocycles. The molecule has 2 aliphatic rings. The van der Waals surface area contributed by atoms with Crippen LogP contribution < -0.4 is 9.46 Å². The summed E-state index contributed by atoms with van der Waals surface area (Å²) in [7, 11) is -2.77. The van der Waals surface area contributed by atoms with Gasteiger partial charge in [-0.1, -0.05) is 6.42 Å². The molecule has 4 atom stereocenters. The predicted molar refractivity (Wildman–Crippen MR) is 79.0 cm³/mol. The van der Waals surface area contributed by atoms with Crippen LogP contribution in [0.15, 0.2) is 23.1 Å². The number of carboxylic acid groups (broad SMARTS) is 1. The molecule has 2 fully saturated rings. The molecule has 1 aromatic carbocycles. The van der Waals surface area contributed by atoms with Crippen LogP contribution in [0.1, 0.15) is 19.3 Å². The summed E-state index contributed by atoms with van der Waals surface area (Å²) in [5, 5.41) is 9.34. The topological polar surface area (TPSA) is 92.7 Å². The molecule has 3 rings (SSSR count). The fourth-order valence-electron chi connectivity index (χ4n) is 3.90. The summed E-state index contributed by atoms with van der Waals surface area (Å²) < 4.78 is 46.0.